The van der Waals surface area contributed by atoms with E-state index in [-0.39, 0.29) is 18.0 Å². The molecular formula is C19H15F4N3O. The van der Waals surface area contributed by atoms with Gasteiger partial charge in [0.1, 0.15) is 5.82 Å². The van der Waals surface area contributed by atoms with Crippen LogP contribution in [0.25, 0.3) is 10.9 Å². The minimum Gasteiger partial charge on any atom is -0.358 e. The molecule has 2 N–H and O–H groups in total. The van der Waals surface area contributed by atoms with Crippen LogP contribution < -0.4 is 5.32 Å². The van der Waals surface area contributed by atoms with Crippen molar-refractivity contribution in [2.24, 2.45) is 0 Å². The van der Waals surface area contributed by atoms with E-state index in [2.05, 4.69) is 10.3 Å². The molecule has 0 atom stereocenters. The average molecular weight is 377 g/mol. The van der Waals surface area contributed by atoms with Crippen LogP contribution in [0.15, 0.2) is 42.5 Å². The molecule has 4 rings (SSSR count). The molecule has 8 heteroatoms. The van der Waals surface area contributed by atoms with Gasteiger partial charge < -0.3 is 15.2 Å². The van der Waals surface area contributed by atoms with Crippen molar-refractivity contribution in [2.45, 2.75) is 19.1 Å². The van der Waals surface area contributed by atoms with Gasteiger partial charge in [-0.15, -0.1) is 0 Å². The van der Waals surface area contributed by atoms with Gasteiger partial charge in [0, 0.05) is 47.4 Å². The van der Waals surface area contributed by atoms with E-state index in [4.69, 9.17) is 0 Å². The molecule has 27 heavy (non-hydrogen) atoms. The van der Waals surface area contributed by atoms with E-state index in [0.29, 0.717) is 18.4 Å². The maximum Gasteiger partial charge on any atom is 0.416 e. The van der Waals surface area contributed by atoms with Crippen LogP contribution in [0.2, 0.25) is 0 Å². The summed E-state index contributed by atoms with van der Waals surface area (Å²) in [5, 5.41) is 3.22. The first-order valence-corrected chi connectivity index (χ1v) is 8.33. The van der Waals surface area contributed by atoms with Gasteiger partial charge >= 0.3 is 12.2 Å². The van der Waals surface area contributed by atoms with E-state index in [1.807, 2.05) is 0 Å². The maximum absolute atomic E-state index is 13.6. The summed E-state index contributed by atoms with van der Waals surface area (Å²) in [5.74, 6) is -0.366. The highest BCUT2D eigenvalue weighted by Crippen LogP contribution is 2.31. The van der Waals surface area contributed by atoms with Crippen molar-refractivity contribution in [3.63, 3.8) is 0 Å². The smallest absolute Gasteiger partial charge is 0.358 e. The Bertz CT molecular complexity index is 1030. The van der Waals surface area contributed by atoms with Crippen LogP contribution >= 0.6 is 0 Å². The number of urea groups is 1. The Hall–Kier alpha value is -3.03. The third-order valence-corrected chi connectivity index (χ3v) is 4.67. The lowest BCUT2D eigenvalue weighted by molar-refractivity contribution is -0.137. The molecule has 2 amide bonds. The number of hydrogen-bond acceptors (Lipinski definition) is 1. The zero-order valence-electron chi connectivity index (χ0n) is 14.0. The van der Waals surface area contributed by atoms with Gasteiger partial charge in [-0.3, -0.25) is 0 Å². The van der Waals surface area contributed by atoms with E-state index in [0.717, 1.165) is 28.9 Å². The van der Waals surface area contributed by atoms with E-state index in [1.165, 1.54) is 29.2 Å². The van der Waals surface area contributed by atoms with Crippen molar-refractivity contribution in [3.05, 3.63) is 65.1 Å². The number of rotatable bonds is 1. The van der Waals surface area contributed by atoms with E-state index < -0.39 is 17.8 Å². The first-order valence-electron chi connectivity index (χ1n) is 8.33. The molecule has 0 aliphatic carbocycles. The zero-order valence-corrected chi connectivity index (χ0v) is 14.0. The molecule has 140 valence electrons. The fourth-order valence-corrected chi connectivity index (χ4v) is 3.34. The molecule has 1 aliphatic rings. The summed E-state index contributed by atoms with van der Waals surface area (Å²) in [4.78, 5) is 17.2. The third kappa shape index (κ3) is 3.34. The lowest BCUT2D eigenvalue weighted by Crippen LogP contribution is -2.38. The second-order valence-electron chi connectivity index (χ2n) is 6.45. The van der Waals surface area contributed by atoms with Gasteiger partial charge in [0.05, 0.1) is 5.56 Å². The number of alkyl halides is 3. The summed E-state index contributed by atoms with van der Waals surface area (Å²) in [6, 6.07) is 8.43. The molecule has 2 heterocycles. The zero-order chi connectivity index (χ0) is 19.2. The SMILES string of the molecule is O=C(Nc1cccc(C(F)(F)F)c1)N1CCc2[nH]c3ccc(F)cc3c2C1. The highest BCUT2D eigenvalue weighted by atomic mass is 19.4. The predicted octanol–water partition coefficient (Wildman–Crippen LogP) is 4.92. The fourth-order valence-electron chi connectivity index (χ4n) is 3.34. The molecular weight excluding hydrogens is 362 g/mol. The normalized spacial score (nSPS) is 14.3. The quantitative estimate of drug-likeness (QED) is 0.582. The summed E-state index contributed by atoms with van der Waals surface area (Å²) >= 11 is 0. The molecule has 1 aromatic heterocycles. The van der Waals surface area contributed by atoms with Crippen LogP contribution in [0.5, 0.6) is 0 Å². The number of halogens is 4. The molecule has 0 fully saturated rings. The number of carbonyl (C=O) groups excluding carboxylic acids is 1. The van der Waals surface area contributed by atoms with Crippen molar-refractivity contribution in [1.82, 2.24) is 9.88 Å². The summed E-state index contributed by atoms with van der Waals surface area (Å²) in [6.07, 6.45) is -3.92. The number of carbonyl (C=O) groups is 1. The summed E-state index contributed by atoms with van der Waals surface area (Å²) < 4.78 is 52.0. The molecule has 0 spiro atoms. The number of aromatic amines is 1. The Morgan fingerprint density at radius 2 is 1.96 bits per heavy atom. The summed E-state index contributed by atoms with van der Waals surface area (Å²) in [5.41, 5.74) is 1.81. The van der Waals surface area contributed by atoms with Crippen molar-refractivity contribution in [3.8, 4) is 0 Å². The summed E-state index contributed by atoms with van der Waals surface area (Å²) in [7, 11) is 0. The van der Waals surface area contributed by atoms with Gasteiger partial charge in [-0.05, 0) is 36.4 Å². The van der Waals surface area contributed by atoms with Crippen molar-refractivity contribution < 1.29 is 22.4 Å². The molecule has 1 aliphatic heterocycles. The van der Waals surface area contributed by atoms with E-state index in [9.17, 15) is 22.4 Å². The number of fused-ring (bicyclic) bond motifs is 3. The summed E-state index contributed by atoms with van der Waals surface area (Å²) in [6.45, 7) is 0.663. The minimum absolute atomic E-state index is 0.0746. The Labute approximate surface area is 151 Å². The Morgan fingerprint density at radius 1 is 1.15 bits per heavy atom. The van der Waals surface area contributed by atoms with Gasteiger partial charge in [-0.25, -0.2) is 9.18 Å². The standard InChI is InChI=1S/C19H15F4N3O/c20-12-4-5-16-14(9-12)15-10-26(7-6-17(15)25-16)18(27)24-13-3-1-2-11(8-13)19(21,22)23/h1-5,8-9,25H,6-7,10H2,(H,24,27). The number of amides is 2. The number of H-pyrrole nitrogens is 1. The molecule has 0 radical (unpaired) electrons. The topological polar surface area (TPSA) is 48.1 Å². The van der Waals surface area contributed by atoms with E-state index >= 15 is 0 Å². The van der Waals surface area contributed by atoms with Crippen LogP contribution in [0.3, 0.4) is 0 Å². The second-order valence-corrected chi connectivity index (χ2v) is 6.45. The monoisotopic (exact) mass is 377 g/mol. The Morgan fingerprint density at radius 3 is 2.74 bits per heavy atom. The number of nitrogens with one attached hydrogen (secondary N) is 2. The molecule has 0 saturated carbocycles. The molecule has 0 unspecified atom stereocenters. The third-order valence-electron chi connectivity index (χ3n) is 4.67. The van der Waals surface area contributed by atoms with Crippen molar-refractivity contribution in [2.75, 3.05) is 11.9 Å². The largest absolute Gasteiger partial charge is 0.416 e. The predicted molar refractivity (Wildman–Crippen MR) is 92.8 cm³/mol. The Balaban J connectivity index is 1.55. The minimum atomic E-state index is -4.48. The molecule has 2 aromatic carbocycles. The molecule has 0 bridgehead atoms. The number of anilines is 1. The van der Waals surface area contributed by atoms with Gasteiger partial charge in [-0.2, -0.15) is 13.2 Å². The van der Waals surface area contributed by atoms with Crippen molar-refractivity contribution >= 4 is 22.6 Å². The van der Waals surface area contributed by atoms with Crippen LogP contribution in [0, 0.1) is 5.82 Å². The maximum atomic E-state index is 13.6. The van der Waals surface area contributed by atoms with Crippen LogP contribution in [0.1, 0.15) is 16.8 Å². The number of hydrogen-bond donors (Lipinski definition) is 2. The lowest BCUT2D eigenvalue weighted by Gasteiger charge is -2.27. The van der Waals surface area contributed by atoms with Crippen LogP contribution in [-0.2, 0) is 19.1 Å². The van der Waals surface area contributed by atoms with Gasteiger partial charge in [0.15, 0.2) is 0 Å². The lowest BCUT2D eigenvalue weighted by atomic mass is 10.0. The van der Waals surface area contributed by atoms with E-state index in [1.54, 1.807) is 6.07 Å². The molecule has 3 aromatic rings. The molecule has 4 nitrogen and oxygen atoms in total. The number of benzene rings is 2. The average Bonchev–Trinajstić information content (AvgIpc) is 2.98. The number of aromatic nitrogens is 1. The highest BCUT2D eigenvalue weighted by Gasteiger charge is 2.31. The van der Waals surface area contributed by atoms with Crippen molar-refractivity contribution in [1.29, 1.82) is 0 Å². The second kappa shape index (κ2) is 6.29. The Kier molecular flexibility index (Phi) is 4.05. The van der Waals surface area contributed by atoms with Gasteiger partial charge in [-0.1, -0.05) is 6.07 Å². The first-order chi connectivity index (χ1) is 12.8. The van der Waals surface area contributed by atoms with Crippen LogP contribution in [0.4, 0.5) is 28.0 Å². The highest BCUT2D eigenvalue weighted by molar-refractivity contribution is 5.91. The van der Waals surface area contributed by atoms with Gasteiger partial charge in [0.2, 0.25) is 0 Å². The first kappa shape index (κ1) is 17.4. The van der Waals surface area contributed by atoms with Crippen LogP contribution in [-0.4, -0.2) is 22.5 Å². The molecule has 0 saturated heterocycles. The van der Waals surface area contributed by atoms with Gasteiger partial charge in [0.25, 0.3) is 0 Å². The number of nitrogens with zero attached hydrogens (tertiary/aromatic N) is 1. The fraction of sp³-hybridized carbons (Fsp3) is 0.211.